The molecule has 0 aliphatic heterocycles. The molecule has 1 unspecified atom stereocenters. The predicted molar refractivity (Wildman–Crippen MR) is 72.5 cm³/mol. The molecule has 0 aliphatic rings. The fourth-order valence-electron chi connectivity index (χ4n) is 1.68. The van der Waals surface area contributed by atoms with E-state index in [1.54, 1.807) is 0 Å². The van der Waals surface area contributed by atoms with Crippen molar-refractivity contribution in [3.05, 3.63) is 58.7 Å². The fourth-order valence-corrected chi connectivity index (χ4v) is 1.98. The Morgan fingerprint density at radius 1 is 1.18 bits per heavy atom. The van der Waals surface area contributed by atoms with Gasteiger partial charge in [0.25, 0.3) is 0 Å². The van der Waals surface area contributed by atoms with E-state index < -0.39 is 0 Å². The fraction of sp³-hybridized carbons (Fsp3) is 0.214. The van der Waals surface area contributed by atoms with Crippen molar-refractivity contribution in [3.63, 3.8) is 0 Å². The maximum Gasteiger partial charge on any atom is 0.126 e. The average molecular weight is 247 g/mol. The van der Waals surface area contributed by atoms with Crippen molar-refractivity contribution in [1.29, 1.82) is 0 Å². The SMILES string of the molecule is Cc1ccc(NC(C)c2ccccc2Cl)nc1. The summed E-state index contributed by atoms with van der Waals surface area (Å²) >= 11 is 6.15. The molecule has 17 heavy (non-hydrogen) atoms. The van der Waals surface area contributed by atoms with Crippen molar-refractivity contribution in [1.82, 2.24) is 4.98 Å². The first-order chi connectivity index (χ1) is 8.16. The van der Waals surface area contributed by atoms with Crippen LogP contribution in [0, 0.1) is 6.92 Å². The van der Waals surface area contributed by atoms with Gasteiger partial charge in [-0.25, -0.2) is 4.98 Å². The number of nitrogens with one attached hydrogen (secondary N) is 1. The highest BCUT2D eigenvalue weighted by molar-refractivity contribution is 6.31. The van der Waals surface area contributed by atoms with Gasteiger partial charge in [-0.15, -0.1) is 0 Å². The van der Waals surface area contributed by atoms with Crippen molar-refractivity contribution in [2.45, 2.75) is 19.9 Å². The Hall–Kier alpha value is -1.54. The Morgan fingerprint density at radius 2 is 1.94 bits per heavy atom. The summed E-state index contributed by atoms with van der Waals surface area (Å²) in [6, 6.07) is 12.0. The maximum atomic E-state index is 6.15. The molecule has 2 aromatic rings. The summed E-state index contributed by atoms with van der Waals surface area (Å²) in [5.41, 5.74) is 2.23. The van der Waals surface area contributed by atoms with Crippen LogP contribution in [0.2, 0.25) is 5.02 Å². The first-order valence-electron chi connectivity index (χ1n) is 5.60. The molecule has 0 saturated carbocycles. The quantitative estimate of drug-likeness (QED) is 0.877. The van der Waals surface area contributed by atoms with Gasteiger partial charge in [0.1, 0.15) is 5.82 Å². The third kappa shape index (κ3) is 2.98. The number of halogens is 1. The number of hydrogen-bond acceptors (Lipinski definition) is 2. The van der Waals surface area contributed by atoms with E-state index in [9.17, 15) is 0 Å². The van der Waals surface area contributed by atoms with Crippen LogP contribution >= 0.6 is 11.6 Å². The van der Waals surface area contributed by atoms with Crippen molar-refractivity contribution >= 4 is 17.4 Å². The highest BCUT2D eigenvalue weighted by atomic mass is 35.5. The summed E-state index contributed by atoms with van der Waals surface area (Å²) in [5, 5.41) is 4.11. The van der Waals surface area contributed by atoms with E-state index in [2.05, 4.69) is 17.2 Å². The number of benzene rings is 1. The van der Waals surface area contributed by atoms with Crippen molar-refractivity contribution in [3.8, 4) is 0 Å². The lowest BCUT2D eigenvalue weighted by Gasteiger charge is -2.16. The summed E-state index contributed by atoms with van der Waals surface area (Å²) in [5.74, 6) is 0.864. The zero-order chi connectivity index (χ0) is 12.3. The van der Waals surface area contributed by atoms with Gasteiger partial charge >= 0.3 is 0 Å². The molecule has 0 radical (unpaired) electrons. The summed E-state index contributed by atoms with van der Waals surface area (Å²) in [6.45, 7) is 4.09. The molecule has 1 aromatic carbocycles. The zero-order valence-electron chi connectivity index (χ0n) is 9.94. The second kappa shape index (κ2) is 5.19. The molecule has 0 fully saturated rings. The molecular weight excluding hydrogens is 232 g/mol. The third-order valence-electron chi connectivity index (χ3n) is 2.65. The maximum absolute atomic E-state index is 6.15. The molecule has 1 aromatic heterocycles. The van der Waals surface area contributed by atoms with Crippen LogP contribution in [0.15, 0.2) is 42.6 Å². The van der Waals surface area contributed by atoms with E-state index in [1.165, 1.54) is 0 Å². The van der Waals surface area contributed by atoms with Gasteiger partial charge in [0.2, 0.25) is 0 Å². The Balaban J connectivity index is 2.14. The van der Waals surface area contributed by atoms with Crippen LogP contribution in [-0.4, -0.2) is 4.98 Å². The van der Waals surface area contributed by atoms with Crippen molar-refractivity contribution in [2.75, 3.05) is 5.32 Å². The molecule has 2 nitrogen and oxygen atoms in total. The molecule has 1 heterocycles. The Labute approximate surface area is 107 Å². The molecule has 0 amide bonds. The Morgan fingerprint density at radius 3 is 2.59 bits per heavy atom. The Bertz CT molecular complexity index is 494. The lowest BCUT2D eigenvalue weighted by atomic mass is 10.1. The van der Waals surface area contributed by atoms with Gasteiger partial charge in [0, 0.05) is 11.2 Å². The first kappa shape index (κ1) is 11.9. The summed E-state index contributed by atoms with van der Waals surface area (Å²) < 4.78 is 0. The third-order valence-corrected chi connectivity index (χ3v) is 2.99. The van der Waals surface area contributed by atoms with Crippen molar-refractivity contribution in [2.24, 2.45) is 0 Å². The molecule has 88 valence electrons. The predicted octanol–water partition coefficient (Wildman–Crippen LogP) is 4.22. The zero-order valence-corrected chi connectivity index (χ0v) is 10.7. The van der Waals surface area contributed by atoms with Gasteiger partial charge in [0.15, 0.2) is 0 Å². The summed E-state index contributed by atoms with van der Waals surface area (Å²) in [6.07, 6.45) is 1.85. The molecule has 1 N–H and O–H groups in total. The number of hydrogen-bond donors (Lipinski definition) is 1. The second-order valence-corrected chi connectivity index (χ2v) is 4.52. The molecule has 0 spiro atoms. The van der Waals surface area contributed by atoms with E-state index in [1.807, 2.05) is 49.5 Å². The van der Waals surface area contributed by atoms with Crippen LogP contribution < -0.4 is 5.32 Å². The number of anilines is 1. The van der Waals surface area contributed by atoms with E-state index in [-0.39, 0.29) is 6.04 Å². The monoisotopic (exact) mass is 246 g/mol. The van der Waals surface area contributed by atoms with Gasteiger partial charge in [-0.1, -0.05) is 35.9 Å². The van der Waals surface area contributed by atoms with Gasteiger partial charge in [-0.3, -0.25) is 0 Å². The molecule has 1 atom stereocenters. The van der Waals surface area contributed by atoms with Crippen LogP contribution in [0.3, 0.4) is 0 Å². The van der Waals surface area contributed by atoms with E-state index >= 15 is 0 Å². The molecule has 0 bridgehead atoms. The smallest absolute Gasteiger partial charge is 0.126 e. The largest absolute Gasteiger partial charge is 0.363 e. The summed E-state index contributed by atoms with van der Waals surface area (Å²) in [7, 11) is 0. The number of aromatic nitrogens is 1. The number of aryl methyl sites for hydroxylation is 1. The average Bonchev–Trinajstić information content (AvgIpc) is 2.32. The topological polar surface area (TPSA) is 24.9 Å². The van der Waals surface area contributed by atoms with Crippen molar-refractivity contribution < 1.29 is 0 Å². The van der Waals surface area contributed by atoms with Crippen LogP contribution in [0.5, 0.6) is 0 Å². The normalized spacial score (nSPS) is 12.2. The minimum atomic E-state index is 0.138. The lowest BCUT2D eigenvalue weighted by molar-refractivity contribution is 0.874. The minimum Gasteiger partial charge on any atom is -0.363 e. The van der Waals surface area contributed by atoms with Gasteiger partial charge in [-0.2, -0.15) is 0 Å². The number of rotatable bonds is 3. The van der Waals surface area contributed by atoms with Gasteiger partial charge in [0.05, 0.1) is 6.04 Å². The Kier molecular flexibility index (Phi) is 3.64. The highest BCUT2D eigenvalue weighted by Crippen LogP contribution is 2.24. The molecule has 0 saturated heterocycles. The van der Waals surface area contributed by atoms with Crippen LogP contribution in [-0.2, 0) is 0 Å². The lowest BCUT2D eigenvalue weighted by Crippen LogP contribution is -2.08. The minimum absolute atomic E-state index is 0.138. The van der Waals surface area contributed by atoms with Crippen LogP contribution in [0.1, 0.15) is 24.1 Å². The molecule has 2 rings (SSSR count). The van der Waals surface area contributed by atoms with Gasteiger partial charge in [-0.05, 0) is 37.1 Å². The van der Waals surface area contributed by atoms with E-state index in [4.69, 9.17) is 11.6 Å². The second-order valence-electron chi connectivity index (χ2n) is 4.11. The number of nitrogens with zero attached hydrogens (tertiary/aromatic N) is 1. The molecule has 0 aliphatic carbocycles. The van der Waals surface area contributed by atoms with Crippen LogP contribution in [0.25, 0.3) is 0 Å². The highest BCUT2D eigenvalue weighted by Gasteiger charge is 2.08. The first-order valence-corrected chi connectivity index (χ1v) is 5.98. The summed E-state index contributed by atoms with van der Waals surface area (Å²) in [4.78, 5) is 4.32. The number of pyridine rings is 1. The van der Waals surface area contributed by atoms with Crippen LogP contribution in [0.4, 0.5) is 5.82 Å². The molecule has 3 heteroatoms. The van der Waals surface area contributed by atoms with E-state index in [0.29, 0.717) is 0 Å². The van der Waals surface area contributed by atoms with Gasteiger partial charge < -0.3 is 5.32 Å². The standard InChI is InChI=1S/C14H15ClN2/c1-10-7-8-14(16-9-10)17-11(2)12-5-3-4-6-13(12)15/h3-9,11H,1-2H3,(H,16,17). The van der Waals surface area contributed by atoms with E-state index in [0.717, 1.165) is 22.0 Å². The molecular formula is C14H15ClN2.